The third-order valence-corrected chi connectivity index (χ3v) is 4.26. The summed E-state index contributed by atoms with van der Waals surface area (Å²) in [7, 11) is 0. The molecule has 8 nitrogen and oxygen atoms in total. The zero-order chi connectivity index (χ0) is 19.7. The number of benzene rings is 1. The standard InChI is InChI=1S/C19H16FN5O3/c1-12(26)28-7-6-24-9-13(8-23-24)16-10-25(15-4-2-14(20)3-5-15)18-17(16)19(27)22-11-21-18/h2-5,8-11H,6-7H2,1H3,(H,21,22,27). The fourth-order valence-corrected chi connectivity index (χ4v) is 3.00. The summed E-state index contributed by atoms with van der Waals surface area (Å²) >= 11 is 0. The molecule has 0 radical (unpaired) electrons. The van der Waals surface area contributed by atoms with Crippen LogP contribution in [0.5, 0.6) is 0 Å². The second kappa shape index (κ2) is 7.10. The van der Waals surface area contributed by atoms with Crippen LogP contribution in [0.15, 0.2) is 54.0 Å². The van der Waals surface area contributed by atoms with E-state index in [9.17, 15) is 14.0 Å². The molecule has 142 valence electrons. The normalized spacial score (nSPS) is 11.1. The molecule has 1 N–H and O–H groups in total. The van der Waals surface area contributed by atoms with Crippen LogP contribution < -0.4 is 5.56 Å². The van der Waals surface area contributed by atoms with Crippen LogP contribution in [0.25, 0.3) is 27.8 Å². The van der Waals surface area contributed by atoms with Crippen LogP contribution in [0.2, 0.25) is 0 Å². The van der Waals surface area contributed by atoms with Crippen molar-refractivity contribution in [3.05, 3.63) is 65.4 Å². The number of nitrogens with zero attached hydrogens (tertiary/aromatic N) is 4. The number of carbonyl (C=O) groups excluding carboxylic acids is 1. The average molecular weight is 381 g/mol. The highest BCUT2D eigenvalue weighted by atomic mass is 19.1. The summed E-state index contributed by atoms with van der Waals surface area (Å²) in [4.78, 5) is 30.2. The lowest BCUT2D eigenvalue weighted by molar-refractivity contribution is -0.141. The first kappa shape index (κ1) is 17.7. The molecule has 0 bridgehead atoms. The Kier molecular flexibility index (Phi) is 4.48. The fourth-order valence-electron chi connectivity index (χ4n) is 3.00. The molecule has 4 aromatic rings. The quantitative estimate of drug-likeness (QED) is 0.535. The van der Waals surface area contributed by atoms with Crippen molar-refractivity contribution in [3.63, 3.8) is 0 Å². The van der Waals surface area contributed by atoms with Crippen LogP contribution in [-0.2, 0) is 16.1 Å². The minimum Gasteiger partial charge on any atom is -0.464 e. The summed E-state index contributed by atoms with van der Waals surface area (Å²) in [6.07, 6.45) is 6.49. The van der Waals surface area contributed by atoms with E-state index in [1.807, 2.05) is 0 Å². The molecule has 0 atom stereocenters. The molecule has 0 saturated carbocycles. The molecule has 3 heterocycles. The number of fused-ring (bicyclic) bond motifs is 1. The number of nitrogens with one attached hydrogen (secondary N) is 1. The Morgan fingerprint density at radius 3 is 2.79 bits per heavy atom. The van der Waals surface area contributed by atoms with Gasteiger partial charge >= 0.3 is 5.97 Å². The molecule has 4 rings (SSSR count). The van der Waals surface area contributed by atoms with Gasteiger partial charge in [0.05, 0.1) is 24.5 Å². The van der Waals surface area contributed by atoms with Crippen molar-refractivity contribution in [2.24, 2.45) is 0 Å². The molecule has 1 aromatic carbocycles. The molecular formula is C19H16FN5O3. The average Bonchev–Trinajstić information content (AvgIpc) is 3.27. The molecule has 0 aliphatic carbocycles. The van der Waals surface area contributed by atoms with Crippen molar-refractivity contribution in [3.8, 4) is 16.8 Å². The second-order valence-corrected chi connectivity index (χ2v) is 6.15. The van der Waals surface area contributed by atoms with Crippen molar-refractivity contribution in [2.45, 2.75) is 13.5 Å². The highest BCUT2D eigenvalue weighted by Crippen LogP contribution is 2.29. The van der Waals surface area contributed by atoms with Gasteiger partial charge in [-0.2, -0.15) is 5.10 Å². The molecule has 0 amide bonds. The van der Waals surface area contributed by atoms with Crippen molar-refractivity contribution in [2.75, 3.05) is 6.61 Å². The number of carbonyl (C=O) groups is 1. The lowest BCUT2D eigenvalue weighted by Gasteiger charge is -2.03. The van der Waals surface area contributed by atoms with E-state index in [1.54, 1.807) is 40.0 Å². The molecule has 28 heavy (non-hydrogen) atoms. The van der Waals surface area contributed by atoms with Crippen LogP contribution in [0.4, 0.5) is 4.39 Å². The first-order chi connectivity index (χ1) is 13.5. The van der Waals surface area contributed by atoms with E-state index < -0.39 is 0 Å². The number of aromatic amines is 1. The van der Waals surface area contributed by atoms with E-state index in [2.05, 4.69) is 15.1 Å². The maximum Gasteiger partial charge on any atom is 0.302 e. The van der Waals surface area contributed by atoms with E-state index in [4.69, 9.17) is 4.74 Å². The van der Waals surface area contributed by atoms with Gasteiger partial charge in [0.2, 0.25) is 0 Å². The number of rotatable bonds is 5. The molecule has 0 saturated heterocycles. The van der Waals surface area contributed by atoms with Crippen LogP contribution in [0.3, 0.4) is 0 Å². The fraction of sp³-hybridized carbons (Fsp3) is 0.158. The number of aromatic nitrogens is 5. The first-order valence-electron chi connectivity index (χ1n) is 8.54. The number of esters is 1. The summed E-state index contributed by atoms with van der Waals surface area (Å²) in [5.74, 6) is -0.701. The Labute approximate surface area is 158 Å². The monoisotopic (exact) mass is 381 g/mol. The molecule has 3 aromatic heterocycles. The summed E-state index contributed by atoms with van der Waals surface area (Å²) in [6.45, 7) is 1.94. The van der Waals surface area contributed by atoms with Gasteiger partial charge in [0.25, 0.3) is 5.56 Å². The third kappa shape index (κ3) is 3.29. The van der Waals surface area contributed by atoms with Gasteiger partial charge in [-0.1, -0.05) is 0 Å². The number of ether oxygens (including phenoxy) is 1. The number of halogens is 1. The molecule has 0 unspecified atom stereocenters. The summed E-state index contributed by atoms with van der Waals surface area (Å²) in [5.41, 5.74) is 2.21. The summed E-state index contributed by atoms with van der Waals surface area (Å²) in [5, 5.41) is 4.66. The van der Waals surface area contributed by atoms with Gasteiger partial charge in [-0.25, -0.2) is 9.37 Å². The third-order valence-electron chi connectivity index (χ3n) is 4.26. The molecule has 0 aliphatic rings. The van der Waals surface area contributed by atoms with Gasteiger partial charge < -0.3 is 14.3 Å². The SMILES string of the molecule is CC(=O)OCCn1cc(-c2cn(-c3ccc(F)cc3)c3nc[nH]c(=O)c23)cn1. The molecular weight excluding hydrogens is 365 g/mol. The largest absolute Gasteiger partial charge is 0.464 e. The Morgan fingerprint density at radius 1 is 1.25 bits per heavy atom. The number of hydrogen-bond donors (Lipinski definition) is 1. The second-order valence-electron chi connectivity index (χ2n) is 6.15. The predicted molar refractivity (Wildman–Crippen MR) is 99.5 cm³/mol. The van der Waals surface area contributed by atoms with Crippen molar-refractivity contribution >= 4 is 17.0 Å². The van der Waals surface area contributed by atoms with Gasteiger partial charge in [0, 0.05) is 36.1 Å². The van der Waals surface area contributed by atoms with E-state index in [1.165, 1.54) is 25.4 Å². The van der Waals surface area contributed by atoms with Crippen molar-refractivity contribution < 1.29 is 13.9 Å². The van der Waals surface area contributed by atoms with Crippen LogP contribution in [-0.4, -0.2) is 36.9 Å². The Balaban J connectivity index is 1.78. The molecule has 9 heteroatoms. The lowest BCUT2D eigenvalue weighted by atomic mass is 10.1. The van der Waals surface area contributed by atoms with Gasteiger partial charge in [0.1, 0.15) is 12.4 Å². The minimum absolute atomic E-state index is 0.204. The minimum atomic E-state index is -0.354. The van der Waals surface area contributed by atoms with E-state index in [0.29, 0.717) is 34.4 Å². The number of hydrogen-bond acceptors (Lipinski definition) is 5. The van der Waals surface area contributed by atoms with Crippen LogP contribution in [0.1, 0.15) is 6.92 Å². The molecule has 0 spiro atoms. The smallest absolute Gasteiger partial charge is 0.302 e. The van der Waals surface area contributed by atoms with Crippen LogP contribution >= 0.6 is 0 Å². The Bertz CT molecular complexity index is 1210. The maximum atomic E-state index is 13.3. The highest BCUT2D eigenvalue weighted by molar-refractivity contribution is 5.94. The number of H-pyrrole nitrogens is 1. The Morgan fingerprint density at radius 2 is 2.04 bits per heavy atom. The van der Waals surface area contributed by atoms with Crippen LogP contribution in [0, 0.1) is 5.82 Å². The van der Waals surface area contributed by atoms with Gasteiger partial charge in [-0.05, 0) is 24.3 Å². The van der Waals surface area contributed by atoms with Gasteiger partial charge in [0.15, 0.2) is 5.65 Å². The maximum absolute atomic E-state index is 13.3. The first-order valence-corrected chi connectivity index (χ1v) is 8.54. The summed E-state index contributed by atoms with van der Waals surface area (Å²) < 4.78 is 21.6. The van der Waals surface area contributed by atoms with Gasteiger partial charge in [-0.15, -0.1) is 0 Å². The van der Waals surface area contributed by atoms with Crippen molar-refractivity contribution in [1.29, 1.82) is 0 Å². The molecule has 0 fully saturated rings. The van der Waals surface area contributed by atoms with Gasteiger partial charge in [-0.3, -0.25) is 14.3 Å². The Hall–Kier alpha value is -3.75. The zero-order valence-corrected chi connectivity index (χ0v) is 14.9. The molecule has 0 aliphatic heterocycles. The summed E-state index contributed by atoms with van der Waals surface area (Å²) in [6, 6.07) is 5.93. The zero-order valence-electron chi connectivity index (χ0n) is 14.9. The van der Waals surface area contributed by atoms with Crippen molar-refractivity contribution in [1.82, 2.24) is 24.3 Å². The highest BCUT2D eigenvalue weighted by Gasteiger charge is 2.17. The topological polar surface area (TPSA) is 94.8 Å². The van der Waals surface area contributed by atoms with E-state index in [-0.39, 0.29) is 24.0 Å². The lowest BCUT2D eigenvalue weighted by Crippen LogP contribution is -2.08. The predicted octanol–water partition coefficient (Wildman–Crippen LogP) is 2.28. The van der Waals surface area contributed by atoms with E-state index in [0.717, 1.165) is 0 Å². The van der Waals surface area contributed by atoms with E-state index >= 15 is 0 Å².